The van der Waals surface area contributed by atoms with Crippen LogP contribution in [0.1, 0.15) is 22.3 Å². The van der Waals surface area contributed by atoms with Crippen LogP contribution < -0.4 is 0 Å². The van der Waals surface area contributed by atoms with Gasteiger partial charge in [0, 0.05) is 25.2 Å². The van der Waals surface area contributed by atoms with Gasteiger partial charge in [-0.1, -0.05) is 54.6 Å². The fourth-order valence-electron chi connectivity index (χ4n) is 3.83. The number of amides is 3. The summed E-state index contributed by atoms with van der Waals surface area (Å²) in [6.45, 7) is 3.89. The molecule has 0 bridgehead atoms. The van der Waals surface area contributed by atoms with Crippen molar-refractivity contribution in [3.8, 4) is 0 Å². The van der Waals surface area contributed by atoms with E-state index in [1.807, 2.05) is 30.3 Å². The van der Waals surface area contributed by atoms with Crippen molar-refractivity contribution in [2.45, 2.75) is 12.8 Å². The molecule has 29 heavy (non-hydrogen) atoms. The number of hydrogen-bond acceptors (Lipinski definition) is 3. The Morgan fingerprint density at radius 3 is 2.24 bits per heavy atom. The second-order valence-corrected chi connectivity index (χ2v) is 7.27. The molecule has 3 rings (SSSR count). The van der Waals surface area contributed by atoms with Gasteiger partial charge in [-0.3, -0.25) is 14.5 Å². The molecule has 1 unspecified atom stereocenters. The lowest BCUT2D eigenvalue weighted by Crippen LogP contribution is -2.49. The van der Waals surface area contributed by atoms with E-state index in [9.17, 15) is 19.5 Å². The topological polar surface area (TPSA) is 77.9 Å². The van der Waals surface area contributed by atoms with Gasteiger partial charge < -0.3 is 10.0 Å². The van der Waals surface area contributed by atoms with E-state index in [4.69, 9.17) is 0 Å². The van der Waals surface area contributed by atoms with Crippen molar-refractivity contribution >= 4 is 17.9 Å². The highest BCUT2D eigenvalue weighted by atomic mass is 16.4. The molecule has 150 valence electrons. The molecular formula is C23H24N2O4. The molecule has 1 N–H and O–H groups in total. The third-order valence-electron chi connectivity index (χ3n) is 5.24. The molecule has 2 aromatic carbocycles. The molecule has 6 nitrogen and oxygen atoms in total. The zero-order valence-corrected chi connectivity index (χ0v) is 16.2. The molecule has 1 aliphatic rings. The second kappa shape index (κ2) is 8.73. The Morgan fingerprint density at radius 2 is 1.66 bits per heavy atom. The van der Waals surface area contributed by atoms with Gasteiger partial charge in [-0.05, 0) is 30.5 Å². The largest absolute Gasteiger partial charge is 0.465 e. The lowest BCUT2D eigenvalue weighted by molar-refractivity contribution is -0.138. The number of carboxylic acid groups (broad SMARTS) is 1. The van der Waals surface area contributed by atoms with Crippen LogP contribution in [0.5, 0.6) is 0 Å². The van der Waals surface area contributed by atoms with Crippen molar-refractivity contribution in [3.63, 3.8) is 0 Å². The first kappa shape index (κ1) is 20.3. The van der Waals surface area contributed by atoms with Crippen molar-refractivity contribution in [1.29, 1.82) is 0 Å². The van der Waals surface area contributed by atoms with E-state index in [0.29, 0.717) is 12.0 Å². The number of carbonyl (C=O) groups excluding carboxylic acids is 2. The Hall–Kier alpha value is -3.41. The summed E-state index contributed by atoms with van der Waals surface area (Å²) < 4.78 is 0. The Kier molecular flexibility index (Phi) is 6.12. The first-order chi connectivity index (χ1) is 14.0. The molecule has 1 aliphatic heterocycles. The van der Waals surface area contributed by atoms with Crippen LogP contribution in [0.25, 0.3) is 0 Å². The smallest absolute Gasteiger partial charge is 0.407 e. The average molecular weight is 392 g/mol. The van der Waals surface area contributed by atoms with Crippen LogP contribution in [0.15, 0.2) is 73.3 Å². The number of imide groups is 1. The normalized spacial score (nSPS) is 19.5. The predicted molar refractivity (Wildman–Crippen MR) is 109 cm³/mol. The van der Waals surface area contributed by atoms with E-state index >= 15 is 0 Å². The minimum absolute atomic E-state index is 0.0145. The molecule has 3 amide bonds. The summed E-state index contributed by atoms with van der Waals surface area (Å²) in [7, 11) is 0. The quantitative estimate of drug-likeness (QED) is 0.624. The maximum absolute atomic E-state index is 13.7. The zero-order chi connectivity index (χ0) is 20.9. The molecule has 0 spiro atoms. The van der Waals surface area contributed by atoms with E-state index in [-0.39, 0.29) is 32.0 Å². The van der Waals surface area contributed by atoms with Crippen molar-refractivity contribution in [1.82, 2.24) is 9.80 Å². The maximum Gasteiger partial charge on any atom is 0.407 e. The summed E-state index contributed by atoms with van der Waals surface area (Å²) in [5.41, 5.74) is 0.210. The van der Waals surface area contributed by atoms with Crippen molar-refractivity contribution in [2.75, 3.05) is 19.6 Å². The first-order valence-electron chi connectivity index (χ1n) is 9.51. The maximum atomic E-state index is 13.7. The molecule has 0 radical (unpaired) electrons. The fourth-order valence-corrected chi connectivity index (χ4v) is 3.83. The number of hydrogen-bond donors (Lipinski definition) is 1. The molecule has 1 heterocycles. The highest BCUT2D eigenvalue weighted by molar-refractivity contribution is 6.06. The summed E-state index contributed by atoms with van der Waals surface area (Å²) in [5, 5.41) is 9.64. The Labute approximate surface area is 170 Å². The van der Waals surface area contributed by atoms with Crippen molar-refractivity contribution < 1.29 is 19.5 Å². The number of allylic oxidation sites excluding steroid dienone is 1. The number of carbonyl (C=O) groups is 3. The van der Waals surface area contributed by atoms with Crippen LogP contribution in [0.2, 0.25) is 0 Å². The van der Waals surface area contributed by atoms with Crippen LogP contribution in [-0.4, -0.2) is 52.4 Å². The van der Waals surface area contributed by atoms with Crippen molar-refractivity contribution in [3.05, 3.63) is 84.4 Å². The standard InChI is InChI=1S/C23H24N2O4/c1-2-13-23(16-18-9-5-3-6-10-18)17-24(22(28)29)14-15-25(21(23)27)20(26)19-11-7-4-8-12-19/h2-12H,1,13-17H2,(H,28,29). The third-order valence-corrected chi connectivity index (χ3v) is 5.24. The molecule has 2 aromatic rings. The molecule has 1 saturated heterocycles. The molecule has 1 atom stereocenters. The lowest BCUT2D eigenvalue weighted by atomic mass is 9.77. The molecule has 6 heteroatoms. The third kappa shape index (κ3) is 4.37. The Bertz CT molecular complexity index is 898. The van der Waals surface area contributed by atoms with Crippen LogP contribution in [0, 0.1) is 5.41 Å². The van der Waals surface area contributed by atoms with Crippen LogP contribution in [0.3, 0.4) is 0 Å². The van der Waals surface area contributed by atoms with E-state index in [1.54, 1.807) is 36.4 Å². The summed E-state index contributed by atoms with van der Waals surface area (Å²) >= 11 is 0. The summed E-state index contributed by atoms with van der Waals surface area (Å²) in [4.78, 5) is 41.0. The van der Waals surface area contributed by atoms with E-state index < -0.39 is 17.4 Å². The Balaban J connectivity index is 2.04. The van der Waals surface area contributed by atoms with Gasteiger partial charge in [-0.25, -0.2) is 4.79 Å². The highest BCUT2D eigenvalue weighted by Gasteiger charge is 2.46. The van der Waals surface area contributed by atoms with E-state index in [2.05, 4.69) is 6.58 Å². The highest BCUT2D eigenvalue weighted by Crippen LogP contribution is 2.34. The van der Waals surface area contributed by atoms with Gasteiger partial charge in [-0.15, -0.1) is 6.58 Å². The van der Waals surface area contributed by atoms with Crippen LogP contribution in [0.4, 0.5) is 4.79 Å². The summed E-state index contributed by atoms with van der Waals surface area (Å²) in [6, 6.07) is 18.0. The zero-order valence-electron chi connectivity index (χ0n) is 16.2. The molecule has 0 aromatic heterocycles. The van der Waals surface area contributed by atoms with E-state index in [1.165, 1.54) is 9.80 Å². The van der Waals surface area contributed by atoms with Crippen LogP contribution in [-0.2, 0) is 11.2 Å². The van der Waals surface area contributed by atoms with Crippen molar-refractivity contribution in [2.24, 2.45) is 5.41 Å². The second-order valence-electron chi connectivity index (χ2n) is 7.27. The number of rotatable bonds is 5. The minimum Gasteiger partial charge on any atom is -0.465 e. The summed E-state index contributed by atoms with van der Waals surface area (Å²) in [6.07, 6.45) is 1.11. The first-order valence-corrected chi connectivity index (χ1v) is 9.51. The monoisotopic (exact) mass is 392 g/mol. The SMILES string of the molecule is C=CCC1(Cc2ccccc2)CN(C(=O)O)CCN(C(=O)c2ccccc2)C1=O. The van der Waals surface area contributed by atoms with E-state index in [0.717, 1.165) is 5.56 Å². The van der Waals surface area contributed by atoms with Gasteiger partial charge in [0.2, 0.25) is 5.91 Å². The minimum atomic E-state index is -1.10. The number of benzene rings is 2. The van der Waals surface area contributed by atoms with Gasteiger partial charge in [0.05, 0.1) is 5.41 Å². The Morgan fingerprint density at radius 1 is 1.03 bits per heavy atom. The lowest BCUT2D eigenvalue weighted by Gasteiger charge is -2.35. The number of nitrogens with zero attached hydrogens (tertiary/aromatic N) is 2. The van der Waals surface area contributed by atoms with Gasteiger partial charge >= 0.3 is 6.09 Å². The summed E-state index contributed by atoms with van der Waals surface area (Å²) in [5.74, 6) is -0.775. The van der Waals surface area contributed by atoms with Gasteiger partial charge in [0.15, 0.2) is 0 Å². The molecule has 1 fully saturated rings. The van der Waals surface area contributed by atoms with Crippen LogP contribution >= 0.6 is 0 Å². The van der Waals surface area contributed by atoms with Gasteiger partial charge in [-0.2, -0.15) is 0 Å². The van der Waals surface area contributed by atoms with Gasteiger partial charge in [0.1, 0.15) is 0 Å². The predicted octanol–water partition coefficient (Wildman–Crippen LogP) is 3.45. The van der Waals surface area contributed by atoms with Gasteiger partial charge in [0.25, 0.3) is 5.91 Å². The molecular weight excluding hydrogens is 368 g/mol. The molecule has 0 aliphatic carbocycles. The fraction of sp³-hybridized carbons (Fsp3) is 0.261. The molecule has 0 saturated carbocycles. The average Bonchev–Trinajstić information content (AvgIpc) is 2.87.